The largest absolute Gasteiger partial charge is 0.391 e. The number of nitrogens with one attached hydrogen (secondary N) is 1. The van der Waals surface area contributed by atoms with E-state index in [2.05, 4.69) is 20.6 Å². The van der Waals surface area contributed by atoms with Gasteiger partial charge in [-0.15, -0.1) is 15.3 Å². The second kappa shape index (κ2) is 5.13. The van der Waals surface area contributed by atoms with Crippen molar-refractivity contribution in [2.24, 2.45) is 0 Å². The van der Waals surface area contributed by atoms with Crippen LogP contribution in [-0.2, 0) is 6.42 Å². The zero-order valence-electron chi connectivity index (χ0n) is 11.1. The summed E-state index contributed by atoms with van der Waals surface area (Å²) in [5.74, 6) is 1.62. The van der Waals surface area contributed by atoms with Crippen LogP contribution in [0.5, 0.6) is 0 Å². The van der Waals surface area contributed by atoms with Gasteiger partial charge in [-0.1, -0.05) is 19.8 Å². The van der Waals surface area contributed by atoms with Gasteiger partial charge < -0.3 is 10.4 Å². The molecule has 1 aliphatic rings. The molecule has 0 saturated heterocycles. The third-order valence-corrected chi connectivity index (χ3v) is 3.71. The van der Waals surface area contributed by atoms with E-state index < -0.39 is 0 Å². The van der Waals surface area contributed by atoms with Gasteiger partial charge in [-0.2, -0.15) is 4.52 Å². The zero-order chi connectivity index (χ0) is 13.2. The van der Waals surface area contributed by atoms with Crippen LogP contribution in [0.1, 0.15) is 38.4 Å². The van der Waals surface area contributed by atoms with Crippen molar-refractivity contribution >= 4 is 11.5 Å². The van der Waals surface area contributed by atoms with Gasteiger partial charge in [0, 0.05) is 6.42 Å². The van der Waals surface area contributed by atoms with Crippen LogP contribution in [0.2, 0.25) is 0 Å². The molecular weight excluding hydrogens is 242 g/mol. The lowest BCUT2D eigenvalue weighted by atomic mass is 9.93. The molecule has 1 fully saturated rings. The number of aryl methyl sites for hydroxylation is 1. The Balaban J connectivity index is 1.84. The highest BCUT2D eigenvalue weighted by Crippen LogP contribution is 2.21. The molecule has 1 aliphatic carbocycles. The SMILES string of the molecule is CCc1nnc2ccc(N[C@H]3CCCC[C@@H]3O)nn12. The first-order chi connectivity index (χ1) is 9.28. The van der Waals surface area contributed by atoms with Gasteiger partial charge in [0.05, 0.1) is 12.1 Å². The lowest BCUT2D eigenvalue weighted by molar-refractivity contribution is 0.116. The van der Waals surface area contributed by atoms with E-state index in [1.807, 2.05) is 19.1 Å². The van der Waals surface area contributed by atoms with Crippen molar-refractivity contribution in [3.63, 3.8) is 0 Å². The van der Waals surface area contributed by atoms with Crippen molar-refractivity contribution in [3.05, 3.63) is 18.0 Å². The Hall–Kier alpha value is -1.69. The Bertz CT molecular complexity index is 567. The van der Waals surface area contributed by atoms with Crippen LogP contribution < -0.4 is 5.32 Å². The summed E-state index contributed by atoms with van der Waals surface area (Å²) < 4.78 is 1.76. The molecule has 19 heavy (non-hydrogen) atoms. The third-order valence-electron chi connectivity index (χ3n) is 3.71. The van der Waals surface area contributed by atoms with E-state index in [4.69, 9.17) is 0 Å². The minimum absolute atomic E-state index is 0.0975. The summed E-state index contributed by atoms with van der Waals surface area (Å²) in [4.78, 5) is 0. The average Bonchev–Trinajstić information content (AvgIpc) is 2.84. The monoisotopic (exact) mass is 261 g/mol. The molecule has 1 saturated carbocycles. The van der Waals surface area contributed by atoms with Gasteiger partial charge in [-0.25, -0.2) is 0 Å². The highest BCUT2D eigenvalue weighted by Gasteiger charge is 2.23. The molecular formula is C13H19N5O. The van der Waals surface area contributed by atoms with Crippen molar-refractivity contribution in [2.75, 3.05) is 5.32 Å². The molecule has 0 spiro atoms. The van der Waals surface area contributed by atoms with Crippen LogP contribution in [0.25, 0.3) is 5.65 Å². The molecule has 0 radical (unpaired) electrons. The molecule has 6 nitrogen and oxygen atoms in total. The molecule has 102 valence electrons. The van der Waals surface area contributed by atoms with E-state index in [1.165, 1.54) is 0 Å². The van der Waals surface area contributed by atoms with Gasteiger partial charge in [0.1, 0.15) is 5.82 Å². The number of hydrogen-bond acceptors (Lipinski definition) is 5. The molecule has 2 heterocycles. The van der Waals surface area contributed by atoms with Gasteiger partial charge in [0.15, 0.2) is 11.5 Å². The molecule has 2 aromatic rings. The van der Waals surface area contributed by atoms with Crippen LogP contribution in [0.3, 0.4) is 0 Å². The Morgan fingerprint density at radius 2 is 2.16 bits per heavy atom. The first-order valence-electron chi connectivity index (χ1n) is 6.94. The van der Waals surface area contributed by atoms with Crippen LogP contribution in [0.4, 0.5) is 5.82 Å². The van der Waals surface area contributed by atoms with Crippen LogP contribution >= 0.6 is 0 Å². The first-order valence-corrected chi connectivity index (χ1v) is 6.94. The highest BCUT2D eigenvalue weighted by atomic mass is 16.3. The lowest BCUT2D eigenvalue weighted by Gasteiger charge is -2.28. The van der Waals surface area contributed by atoms with Crippen molar-refractivity contribution in [1.29, 1.82) is 0 Å². The van der Waals surface area contributed by atoms with Crippen LogP contribution in [0, 0.1) is 0 Å². The molecule has 2 atom stereocenters. The summed E-state index contributed by atoms with van der Waals surface area (Å²) in [6.07, 6.45) is 4.64. The topological polar surface area (TPSA) is 75.3 Å². The first kappa shape index (κ1) is 12.3. The van der Waals surface area contributed by atoms with E-state index in [0.29, 0.717) is 0 Å². The van der Waals surface area contributed by atoms with Crippen molar-refractivity contribution in [1.82, 2.24) is 19.8 Å². The molecule has 2 N–H and O–H groups in total. The molecule has 2 aromatic heterocycles. The Morgan fingerprint density at radius 3 is 2.95 bits per heavy atom. The standard InChI is InChI=1S/C13H19N5O/c1-2-12-15-16-13-8-7-11(17-18(12)13)14-9-5-3-4-6-10(9)19/h7-10,19H,2-6H2,1H3,(H,14,17)/t9-,10-/m0/s1. The Labute approximate surface area is 111 Å². The Morgan fingerprint density at radius 1 is 1.32 bits per heavy atom. The van der Waals surface area contributed by atoms with Crippen LogP contribution in [0.15, 0.2) is 12.1 Å². The zero-order valence-corrected chi connectivity index (χ0v) is 11.1. The number of anilines is 1. The normalized spacial score (nSPS) is 23.7. The van der Waals surface area contributed by atoms with Crippen molar-refractivity contribution in [2.45, 2.75) is 51.2 Å². The quantitative estimate of drug-likeness (QED) is 0.873. The van der Waals surface area contributed by atoms with E-state index in [0.717, 1.165) is 49.4 Å². The predicted molar refractivity (Wildman–Crippen MR) is 72.0 cm³/mol. The minimum Gasteiger partial charge on any atom is -0.391 e. The number of aliphatic hydroxyl groups is 1. The highest BCUT2D eigenvalue weighted by molar-refractivity contribution is 5.44. The fourth-order valence-electron chi connectivity index (χ4n) is 2.60. The minimum atomic E-state index is -0.280. The number of aliphatic hydroxyl groups excluding tert-OH is 1. The fourth-order valence-corrected chi connectivity index (χ4v) is 2.60. The summed E-state index contributed by atoms with van der Waals surface area (Å²) in [5.41, 5.74) is 0.756. The molecule has 3 rings (SSSR count). The summed E-state index contributed by atoms with van der Waals surface area (Å²) in [6.45, 7) is 2.03. The molecule has 0 aromatic carbocycles. The van der Waals surface area contributed by atoms with Gasteiger partial charge >= 0.3 is 0 Å². The fraction of sp³-hybridized carbons (Fsp3) is 0.615. The molecule has 0 bridgehead atoms. The number of fused-ring (bicyclic) bond motifs is 1. The van der Waals surface area contributed by atoms with Gasteiger partial charge in [0.25, 0.3) is 0 Å². The second-order valence-electron chi connectivity index (χ2n) is 5.06. The number of rotatable bonds is 3. The third kappa shape index (κ3) is 2.40. The maximum absolute atomic E-state index is 9.98. The number of hydrogen-bond donors (Lipinski definition) is 2. The maximum atomic E-state index is 9.98. The molecule has 0 aliphatic heterocycles. The summed E-state index contributed by atoms with van der Waals surface area (Å²) in [7, 11) is 0. The Kier molecular flexibility index (Phi) is 3.33. The molecule has 0 unspecified atom stereocenters. The van der Waals surface area contributed by atoms with E-state index in [-0.39, 0.29) is 12.1 Å². The van der Waals surface area contributed by atoms with E-state index >= 15 is 0 Å². The maximum Gasteiger partial charge on any atom is 0.178 e. The van der Waals surface area contributed by atoms with Gasteiger partial charge in [-0.3, -0.25) is 0 Å². The summed E-state index contributed by atoms with van der Waals surface area (Å²) >= 11 is 0. The summed E-state index contributed by atoms with van der Waals surface area (Å²) in [6, 6.07) is 3.89. The van der Waals surface area contributed by atoms with E-state index in [1.54, 1.807) is 4.52 Å². The van der Waals surface area contributed by atoms with Gasteiger partial charge in [-0.05, 0) is 25.0 Å². The number of nitrogens with zero attached hydrogens (tertiary/aromatic N) is 4. The predicted octanol–water partition coefficient (Wildman–Crippen LogP) is 1.40. The second-order valence-corrected chi connectivity index (χ2v) is 5.06. The molecule has 0 amide bonds. The van der Waals surface area contributed by atoms with Crippen LogP contribution in [-0.4, -0.2) is 37.1 Å². The van der Waals surface area contributed by atoms with Crippen molar-refractivity contribution < 1.29 is 5.11 Å². The van der Waals surface area contributed by atoms with Gasteiger partial charge in [0.2, 0.25) is 0 Å². The lowest BCUT2D eigenvalue weighted by Crippen LogP contribution is -2.36. The smallest absolute Gasteiger partial charge is 0.178 e. The summed E-state index contributed by atoms with van der Waals surface area (Å²) in [5, 5.41) is 26.0. The average molecular weight is 261 g/mol. The molecule has 6 heteroatoms. The van der Waals surface area contributed by atoms with Crippen molar-refractivity contribution in [3.8, 4) is 0 Å². The van der Waals surface area contributed by atoms with E-state index in [9.17, 15) is 5.11 Å². The number of aromatic nitrogens is 4.